The van der Waals surface area contributed by atoms with Gasteiger partial charge in [0, 0.05) is 36.0 Å². The Morgan fingerprint density at radius 1 is 1.10 bits per heavy atom. The first kappa shape index (κ1) is 22.7. The second-order valence-electron chi connectivity index (χ2n) is 8.22. The van der Waals surface area contributed by atoms with Gasteiger partial charge in [0.1, 0.15) is 0 Å². The zero-order valence-corrected chi connectivity index (χ0v) is 18.7. The molecule has 0 unspecified atom stereocenters. The van der Waals surface area contributed by atoms with Gasteiger partial charge in [0.2, 0.25) is 0 Å². The Morgan fingerprint density at radius 2 is 1.71 bits per heavy atom. The zero-order chi connectivity index (χ0) is 22.8. The number of nitro groups is 1. The molecule has 0 saturated heterocycles. The van der Waals surface area contributed by atoms with E-state index in [1.807, 2.05) is 7.05 Å². The van der Waals surface area contributed by atoms with E-state index in [0.29, 0.717) is 17.0 Å². The first-order chi connectivity index (χ1) is 14.6. The maximum atomic E-state index is 12.8. The van der Waals surface area contributed by atoms with Crippen molar-refractivity contribution in [3.8, 4) is 0 Å². The SMILES string of the molecule is Cc1ccc(S(=O)(=O)Nc2ccc(C(=O)N(C)C3CCC(C)CC3)cc2)cc1[N+](=O)[O-]. The van der Waals surface area contributed by atoms with Gasteiger partial charge in [-0.25, -0.2) is 8.42 Å². The minimum absolute atomic E-state index is 0.0943. The lowest BCUT2D eigenvalue weighted by Crippen LogP contribution is -2.39. The van der Waals surface area contributed by atoms with Crippen molar-refractivity contribution in [1.29, 1.82) is 0 Å². The molecule has 166 valence electrons. The fourth-order valence-corrected chi connectivity index (χ4v) is 4.93. The van der Waals surface area contributed by atoms with E-state index >= 15 is 0 Å². The number of nitrogens with one attached hydrogen (secondary N) is 1. The average Bonchev–Trinajstić information content (AvgIpc) is 2.73. The van der Waals surface area contributed by atoms with Gasteiger partial charge in [-0.2, -0.15) is 0 Å². The number of benzene rings is 2. The molecule has 9 heteroatoms. The largest absolute Gasteiger partial charge is 0.339 e. The van der Waals surface area contributed by atoms with Crippen molar-refractivity contribution in [2.75, 3.05) is 11.8 Å². The molecule has 1 N–H and O–H groups in total. The van der Waals surface area contributed by atoms with Gasteiger partial charge in [-0.15, -0.1) is 0 Å². The van der Waals surface area contributed by atoms with Crippen LogP contribution < -0.4 is 4.72 Å². The summed E-state index contributed by atoms with van der Waals surface area (Å²) >= 11 is 0. The molecule has 1 aliphatic rings. The first-order valence-electron chi connectivity index (χ1n) is 10.2. The van der Waals surface area contributed by atoms with Crippen LogP contribution in [0, 0.1) is 23.0 Å². The number of rotatable bonds is 6. The quantitative estimate of drug-likeness (QED) is 0.525. The molecule has 0 atom stereocenters. The number of nitrogens with zero attached hydrogens (tertiary/aromatic N) is 2. The number of amides is 1. The highest BCUT2D eigenvalue weighted by Gasteiger charge is 2.25. The van der Waals surface area contributed by atoms with Crippen LogP contribution in [-0.2, 0) is 10.0 Å². The van der Waals surface area contributed by atoms with Gasteiger partial charge in [-0.05, 0) is 68.9 Å². The van der Waals surface area contributed by atoms with E-state index in [-0.39, 0.29) is 28.2 Å². The number of hydrogen-bond donors (Lipinski definition) is 1. The highest BCUT2D eigenvalue weighted by atomic mass is 32.2. The van der Waals surface area contributed by atoms with E-state index in [2.05, 4.69) is 11.6 Å². The van der Waals surface area contributed by atoms with Gasteiger partial charge in [0.25, 0.3) is 21.6 Å². The molecule has 31 heavy (non-hydrogen) atoms. The van der Waals surface area contributed by atoms with Crippen molar-refractivity contribution < 1.29 is 18.1 Å². The summed E-state index contributed by atoms with van der Waals surface area (Å²) in [6.45, 7) is 3.77. The van der Waals surface area contributed by atoms with E-state index in [1.165, 1.54) is 24.3 Å². The standard InChI is InChI=1S/C22H27N3O5S/c1-15-4-11-19(12-5-15)24(3)22(26)17-7-9-18(10-8-17)23-31(29,30)20-13-6-16(2)21(14-20)25(27)28/h6-10,13-15,19,23H,4-5,11-12H2,1-3H3. The lowest BCUT2D eigenvalue weighted by atomic mass is 9.86. The highest BCUT2D eigenvalue weighted by molar-refractivity contribution is 7.92. The lowest BCUT2D eigenvalue weighted by Gasteiger charge is -2.33. The molecule has 0 spiro atoms. The van der Waals surface area contributed by atoms with Crippen molar-refractivity contribution >= 4 is 27.3 Å². The summed E-state index contributed by atoms with van der Waals surface area (Å²) in [7, 11) is -2.20. The minimum atomic E-state index is -4.01. The topological polar surface area (TPSA) is 110 Å². The van der Waals surface area contributed by atoms with Crippen molar-refractivity contribution in [3.63, 3.8) is 0 Å². The summed E-state index contributed by atoms with van der Waals surface area (Å²) in [6, 6.07) is 10.2. The van der Waals surface area contributed by atoms with Crippen molar-refractivity contribution in [2.24, 2.45) is 5.92 Å². The second kappa shape index (κ2) is 9.05. The number of carbonyl (C=O) groups excluding carboxylic acids is 1. The molecule has 8 nitrogen and oxygen atoms in total. The number of sulfonamides is 1. The molecule has 2 aromatic rings. The molecule has 0 aromatic heterocycles. The van der Waals surface area contributed by atoms with Crippen LogP contribution in [0.25, 0.3) is 0 Å². The van der Waals surface area contributed by atoms with Crippen LogP contribution >= 0.6 is 0 Å². The van der Waals surface area contributed by atoms with Gasteiger partial charge in [0.15, 0.2) is 0 Å². The predicted molar refractivity (Wildman–Crippen MR) is 119 cm³/mol. The third-order valence-electron chi connectivity index (χ3n) is 5.93. The second-order valence-corrected chi connectivity index (χ2v) is 9.90. The Bertz CT molecular complexity index is 1070. The molecular weight excluding hydrogens is 418 g/mol. The van der Waals surface area contributed by atoms with Crippen molar-refractivity contribution in [2.45, 2.75) is 50.5 Å². The molecular formula is C22H27N3O5S. The highest BCUT2D eigenvalue weighted by Crippen LogP contribution is 2.28. The monoisotopic (exact) mass is 445 g/mol. The minimum Gasteiger partial charge on any atom is -0.339 e. The lowest BCUT2D eigenvalue weighted by molar-refractivity contribution is -0.385. The third-order valence-corrected chi connectivity index (χ3v) is 7.30. The number of anilines is 1. The van der Waals surface area contributed by atoms with E-state index in [1.54, 1.807) is 24.0 Å². The smallest absolute Gasteiger partial charge is 0.273 e. The number of hydrogen-bond acceptors (Lipinski definition) is 5. The Hall–Kier alpha value is -2.94. The number of nitro benzene ring substituents is 1. The molecule has 1 amide bonds. The number of aryl methyl sites for hydroxylation is 1. The normalized spacial score (nSPS) is 18.9. The Morgan fingerprint density at radius 3 is 2.29 bits per heavy atom. The molecule has 0 radical (unpaired) electrons. The first-order valence-corrected chi connectivity index (χ1v) is 11.7. The molecule has 0 heterocycles. The van der Waals surface area contributed by atoms with Crippen LogP contribution in [0.15, 0.2) is 47.4 Å². The Labute approximate surface area is 182 Å². The number of carbonyl (C=O) groups is 1. The third kappa shape index (κ3) is 5.22. The van der Waals surface area contributed by atoms with E-state index in [9.17, 15) is 23.3 Å². The van der Waals surface area contributed by atoms with Gasteiger partial charge >= 0.3 is 0 Å². The Kier molecular flexibility index (Phi) is 6.64. The fourth-order valence-electron chi connectivity index (χ4n) is 3.85. The van der Waals surface area contributed by atoms with Crippen LogP contribution in [-0.4, -0.2) is 37.2 Å². The van der Waals surface area contributed by atoms with Crippen molar-refractivity contribution in [3.05, 3.63) is 63.7 Å². The summed E-state index contributed by atoms with van der Waals surface area (Å²) in [5.74, 6) is 0.602. The molecule has 1 aliphatic carbocycles. The molecule has 0 aliphatic heterocycles. The average molecular weight is 446 g/mol. The van der Waals surface area contributed by atoms with Crippen LogP contribution in [0.4, 0.5) is 11.4 Å². The van der Waals surface area contributed by atoms with Crippen molar-refractivity contribution in [1.82, 2.24) is 4.90 Å². The van der Waals surface area contributed by atoms with Crippen LogP contribution in [0.5, 0.6) is 0 Å². The van der Waals surface area contributed by atoms with E-state index in [4.69, 9.17) is 0 Å². The van der Waals surface area contributed by atoms with Crippen LogP contribution in [0.2, 0.25) is 0 Å². The summed E-state index contributed by atoms with van der Waals surface area (Å²) in [5, 5.41) is 11.1. The fraction of sp³-hybridized carbons (Fsp3) is 0.409. The molecule has 0 bridgehead atoms. The van der Waals surface area contributed by atoms with Crippen LogP contribution in [0.1, 0.15) is 48.5 Å². The molecule has 1 fully saturated rings. The van der Waals surface area contributed by atoms with Gasteiger partial charge in [-0.1, -0.05) is 13.0 Å². The predicted octanol–water partition coefficient (Wildman–Crippen LogP) is 4.35. The maximum Gasteiger partial charge on any atom is 0.273 e. The molecule has 3 rings (SSSR count). The summed E-state index contributed by atoms with van der Waals surface area (Å²) in [5.41, 5.74) is 0.872. The summed E-state index contributed by atoms with van der Waals surface area (Å²) < 4.78 is 27.7. The Balaban J connectivity index is 1.72. The molecule has 1 saturated carbocycles. The summed E-state index contributed by atoms with van der Waals surface area (Å²) in [6.07, 6.45) is 4.20. The zero-order valence-electron chi connectivity index (χ0n) is 17.9. The van der Waals surface area contributed by atoms with E-state index < -0.39 is 14.9 Å². The van der Waals surface area contributed by atoms with Gasteiger partial charge < -0.3 is 4.90 Å². The van der Waals surface area contributed by atoms with E-state index in [0.717, 1.165) is 31.7 Å². The summed E-state index contributed by atoms with van der Waals surface area (Å²) in [4.78, 5) is 24.9. The van der Waals surface area contributed by atoms with Gasteiger partial charge in [-0.3, -0.25) is 19.6 Å². The van der Waals surface area contributed by atoms with Crippen LogP contribution in [0.3, 0.4) is 0 Å². The van der Waals surface area contributed by atoms with Gasteiger partial charge in [0.05, 0.1) is 9.82 Å². The molecule has 2 aromatic carbocycles. The maximum absolute atomic E-state index is 12.8.